The summed E-state index contributed by atoms with van der Waals surface area (Å²) < 4.78 is 1.09. The van der Waals surface area contributed by atoms with Gasteiger partial charge < -0.3 is 16.4 Å². The molecular weight excluding hydrogens is 386 g/mol. The average molecular weight is 406 g/mol. The Labute approximate surface area is 172 Å². The zero-order valence-corrected chi connectivity index (χ0v) is 17.1. The number of fused-ring (bicyclic) bond motifs is 1. The standard InChI is InChI=1S/C21H19N5S2/c1-26(2)13-9-7-12(8-10-13)17-14(11-22)19(23)28-20(24)18(17)21-25-15-5-3-4-6-16(15)27-21/h3-10,17H,23-24H2,1-2H3/t17-/m1/s1. The van der Waals surface area contributed by atoms with E-state index in [4.69, 9.17) is 16.5 Å². The molecule has 0 spiro atoms. The van der Waals surface area contributed by atoms with Gasteiger partial charge in [0.2, 0.25) is 0 Å². The molecule has 0 saturated carbocycles. The van der Waals surface area contributed by atoms with Crippen LogP contribution in [-0.4, -0.2) is 19.1 Å². The highest BCUT2D eigenvalue weighted by Gasteiger charge is 2.33. The first-order valence-electron chi connectivity index (χ1n) is 8.70. The number of anilines is 1. The highest BCUT2D eigenvalue weighted by Crippen LogP contribution is 2.49. The summed E-state index contributed by atoms with van der Waals surface area (Å²) in [5.41, 5.74) is 17.0. The summed E-state index contributed by atoms with van der Waals surface area (Å²) >= 11 is 2.83. The molecule has 0 aliphatic carbocycles. The van der Waals surface area contributed by atoms with E-state index in [9.17, 15) is 5.26 Å². The number of hydrogen-bond acceptors (Lipinski definition) is 7. The van der Waals surface area contributed by atoms with Crippen LogP contribution >= 0.6 is 23.1 Å². The Bertz CT molecular complexity index is 1120. The summed E-state index contributed by atoms with van der Waals surface area (Å²) in [6.45, 7) is 0. The molecule has 1 aromatic heterocycles. The third-order valence-electron chi connectivity index (χ3n) is 4.72. The van der Waals surface area contributed by atoms with E-state index >= 15 is 0 Å². The minimum absolute atomic E-state index is 0.331. The van der Waals surface area contributed by atoms with Crippen molar-refractivity contribution in [2.24, 2.45) is 11.5 Å². The summed E-state index contributed by atoms with van der Waals surface area (Å²) in [6, 6.07) is 18.4. The Morgan fingerprint density at radius 3 is 2.39 bits per heavy atom. The van der Waals surface area contributed by atoms with Gasteiger partial charge in [-0.25, -0.2) is 4.98 Å². The fraction of sp³-hybridized carbons (Fsp3) is 0.143. The van der Waals surface area contributed by atoms with Gasteiger partial charge in [-0.3, -0.25) is 0 Å². The van der Waals surface area contributed by atoms with Crippen molar-refractivity contribution in [3.8, 4) is 6.07 Å². The summed E-state index contributed by atoms with van der Waals surface area (Å²) in [5, 5.41) is 11.7. The van der Waals surface area contributed by atoms with Gasteiger partial charge in [0, 0.05) is 25.4 Å². The third kappa shape index (κ3) is 3.11. The van der Waals surface area contributed by atoms with Crippen LogP contribution in [0.3, 0.4) is 0 Å². The molecule has 0 bridgehead atoms. The maximum Gasteiger partial charge on any atom is 0.124 e. The second-order valence-electron chi connectivity index (χ2n) is 6.68. The van der Waals surface area contributed by atoms with E-state index in [1.165, 1.54) is 11.8 Å². The van der Waals surface area contributed by atoms with E-state index in [0.29, 0.717) is 15.6 Å². The molecule has 2 aromatic carbocycles. The van der Waals surface area contributed by atoms with Crippen molar-refractivity contribution in [1.29, 1.82) is 5.26 Å². The van der Waals surface area contributed by atoms with Crippen molar-refractivity contribution in [2.45, 2.75) is 5.92 Å². The lowest BCUT2D eigenvalue weighted by Crippen LogP contribution is -2.18. The number of nitriles is 1. The van der Waals surface area contributed by atoms with Crippen molar-refractivity contribution >= 4 is 44.6 Å². The number of allylic oxidation sites excluding steroid dienone is 2. The monoisotopic (exact) mass is 405 g/mol. The van der Waals surface area contributed by atoms with Crippen molar-refractivity contribution in [3.63, 3.8) is 0 Å². The van der Waals surface area contributed by atoms with Gasteiger partial charge in [0.1, 0.15) is 5.01 Å². The molecule has 7 heteroatoms. The molecule has 3 aromatic rings. The molecular formula is C21H19N5S2. The number of benzene rings is 2. The molecule has 28 heavy (non-hydrogen) atoms. The van der Waals surface area contributed by atoms with Gasteiger partial charge in [0.05, 0.1) is 37.8 Å². The summed E-state index contributed by atoms with van der Waals surface area (Å²) in [5.74, 6) is -0.331. The summed E-state index contributed by atoms with van der Waals surface area (Å²) in [6.07, 6.45) is 0. The molecule has 0 saturated heterocycles. The molecule has 2 heterocycles. The van der Waals surface area contributed by atoms with Crippen LogP contribution in [0.15, 0.2) is 64.2 Å². The zero-order chi connectivity index (χ0) is 19.8. The van der Waals surface area contributed by atoms with Gasteiger partial charge in [-0.2, -0.15) is 5.26 Å². The van der Waals surface area contributed by atoms with Gasteiger partial charge in [-0.1, -0.05) is 36.0 Å². The van der Waals surface area contributed by atoms with Gasteiger partial charge in [0.15, 0.2) is 0 Å². The smallest absolute Gasteiger partial charge is 0.124 e. The van der Waals surface area contributed by atoms with Crippen molar-refractivity contribution in [2.75, 3.05) is 19.0 Å². The molecule has 0 amide bonds. The van der Waals surface area contributed by atoms with Gasteiger partial charge in [0.25, 0.3) is 0 Å². The summed E-state index contributed by atoms with van der Waals surface area (Å²) in [4.78, 5) is 6.82. The molecule has 4 N–H and O–H groups in total. The molecule has 1 aliphatic rings. The molecule has 0 unspecified atom stereocenters. The van der Waals surface area contributed by atoms with Crippen molar-refractivity contribution < 1.29 is 0 Å². The maximum absolute atomic E-state index is 9.84. The molecule has 0 fully saturated rings. The fourth-order valence-corrected chi connectivity index (χ4v) is 5.25. The fourth-order valence-electron chi connectivity index (χ4n) is 3.29. The number of aromatic nitrogens is 1. The second-order valence-corrected chi connectivity index (χ2v) is 8.79. The quantitative estimate of drug-likeness (QED) is 0.678. The molecule has 4 rings (SSSR count). The number of nitrogens with two attached hydrogens (primary N) is 2. The number of nitrogens with zero attached hydrogens (tertiary/aromatic N) is 3. The Hall–Kier alpha value is -2.95. The number of para-hydroxylation sites is 1. The SMILES string of the molecule is CN(C)c1ccc([C@@H]2C(C#N)=C(N)SC(N)=C2c2nc3ccccc3s2)cc1. The normalized spacial score (nSPS) is 17.1. The Morgan fingerprint density at radius 2 is 1.75 bits per heavy atom. The van der Waals surface area contributed by atoms with E-state index in [2.05, 4.69) is 6.07 Å². The Kier molecular flexibility index (Phi) is 4.75. The van der Waals surface area contributed by atoms with Crippen LogP contribution in [-0.2, 0) is 0 Å². The van der Waals surface area contributed by atoms with Gasteiger partial charge >= 0.3 is 0 Å². The number of thioether (sulfide) groups is 1. The molecule has 1 aliphatic heterocycles. The topological polar surface area (TPSA) is 92.0 Å². The van der Waals surface area contributed by atoms with E-state index in [1.54, 1.807) is 11.3 Å². The first-order valence-corrected chi connectivity index (χ1v) is 10.3. The average Bonchev–Trinajstić information content (AvgIpc) is 3.11. The first kappa shape index (κ1) is 18.4. The molecule has 1 atom stereocenters. The minimum atomic E-state index is -0.331. The zero-order valence-electron chi connectivity index (χ0n) is 15.5. The van der Waals surface area contributed by atoms with E-state index in [0.717, 1.165) is 32.0 Å². The van der Waals surface area contributed by atoms with Crippen molar-refractivity contribution in [1.82, 2.24) is 4.98 Å². The lowest BCUT2D eigenvalue weighted by molar-refractivity contribution is 1.02. The van der Waals surface area contributed by atoms with E-state index < -0.39 is 0 Å². The Morgan fingerprint density at radius 1 is 1.04 bits per heavy atom. The van der Waals surface area contributed by atoms with Crippen LogP contribution < -0.4 is 16.4 Å². The van der Waals surface area contributed by atoms with Gasteiger partial charge in [-0.05, 0) is 29.8 Å². The Balaban J connectivity index is 1.89. The number of thiazole rings is 1. The second kappa shape index (κ2) is 7.23. The van der Waals surface area contributed by atoms with E-state index in [1.807, 2.05) is 67.5 Å². The van der Waals surface area contributed by atoms with Gasteiger partial charge in [-0.15, -0.1) is 11.3 Å². The molecule has 0 radical (unpaired) electrons. The largest absolute Gasteiger partial charge is 0.393 e. The predicted molar refractivity (Wildman–Crippen MR) is 119 cm³/mol. The number of hydrogen-bond donors (Lipinski definition) is 2. The lowest BCUT2D eigenvalue weighted by atomic mass is 9.85. The van der Waals surface area contributed by atoms with Crippen LogP contribution in [0.2, 0.25) is 0 Å². The van der Waals surface area contributed by atoms with Crippen LogP contribution in [0.1, 0.15) is 16.5 Å². The lowest BCUT2D eigenvalue weighted by Gasteiger charge is -2.26. The molecule has 140 valence electrons. The van der Waals surface area contributed by atoms with Crippen LogP contribution in [0.25, 0.3) is 15.8 Å². The highest BCUT2D eigenvalue weighted by molar-refractivity contribution is 8.06. The maximum atomic E-state index is 9.84. The van der Waals surface area contributed by atoms with Crippen LogP contribution in [0, 0.1) is 11.3 Å². The number of rotatable bonds is 3. The molecule has 5 nitrogen and oxygen atoms in total. The van der Waals surface area contributed by atoms with E-state index in [-0.39, 0.29) is 5.92 Å². The highest BCUT2D eigenvalue weighted by atomic mass is 32.2. The summed E-state index contributed by atoms with van der Waals surface area (Å²) in [7, 11) is 3.99. The van der Waals surface area contributed by atoms with Crippen LogP contribution in [0.4, 0.5) is 5.69 Å². The van der Waals surface area contributed by atoms with Crippen molar-refractivity contribution in [3.05, 3.63) is 74.7 Å². The first-order chi connectivity index (χ1) is 13.5. The minimum Gasteiger partial charge on any atom is -0.393 e. The van der Waals surface area contributed by atoms with Crippen LogP contribution in [0.5, 0.6) is 0 Å². The predicted octanol–water partition coefficient (Wildman–Crippen LogP) is 4.21. The third-order valence-corrected chi connectivity index (χ3v) is 6.67.